The summed E-state index contributed by atoms with van der Waals surface area (Å²) in [6, 6.07) is 8.48. The molecule has 0 atom stereocenters. The number of fused-ring (bicyclic) bond motifs is 1. The van der Waals surface area contributed by atoms with Crippen molar-refractivity contribution in [2.24, 2.45) is 0 Å². The van der Waals surface area contributed by atoms with E-state index in [1.165, 1.54) is 11.1 Å². The van der Waals surface area contributed by atoms with Crippen LogP contribution in [0.5, 0.6) is 0 Å². The van der Waals surface area contributed by atoms with E-state index in [1.54, 1.807) is 0 Å². The fraction of sp³-hybridized carbons (Fsp3) is 0.455. The van der Waals surface area contributed by atoms with Gasteiger partial charge in [-0.25, -0.2) is 0 Å². The molecule has 0 saturated heterocycles. The van der Waals surface area contributed by atoms with Gasteiger partial charge in [-0.3, -0.25) is 0 Å². The third kappa shape index (κ3) is 1.37. The number of rotatable bonds is 2. The van der Waals surface area contributed by atoms with E-state index in [-0.39, 0.29) is 5.41 Å². The average Bonchev–Trinajstić information content (AvgIpc) is 2.58. The predicted molar refractivity (Wildman–Crippen MR) is 57.9 cm³/mol. The second-order valence-corrected chi connectivity index (χ2v) is 4.24. The molecule has 2 rings (SSSR count). The molecular formula is C11H12Cl2. The lowest BCUT2D eigenvalue weighted by Gasteiger charge is -2.24. The number of hydrogen-bond donors (Lipinski definition) is 0. The van der Waals surface area contributed by atoms with Crippen molar-refractivity contribution in [3.63, 3.8) is 0 Å². The average molecular weight is 215 g/mol. The van der Waals surface area contributed by atoms with Crippen molar-refractivity contribution in [3.05, 3.63) is 35.4 Å². The second-order valence-electron chi connectivity index (χ2n) is 3.70. The predicted octanol–water partition coefficient (Wildman–Crippen LogP) is 3.35. The minimum absolute atomic E-state index is 0.0414. The van der Waals surface area contributed by atoms with Crippen LogP contribution in [0, 0.1) is 0 Å². The number of benzene rings is 1. The highest BCUT2D eigenvalue weighted by Crippen LogP contribution is 2.40. The lowest BCUT2D eigenvalue weighted by Crippen LogP contribution is -2.27. The van der Waals surface area contributed by atoms with Gasteiger partial charge >= 0.3 is 0 Å². The van der Waals surface area contributed by atoms with Gasteiger partial charge in [0.2, 0.25) is 0 Å². The molecule has 0 nitrogen and oxygen atoms in total. The van der Waals surface area contributed by atoms with Crippen LogP contribution in [0.3, 0.4) is 0 Å². The molecule has 0 fully saturated rings. The Morgan fingerprint density at radius 1 is 1.15 bits per heavy atom. The van der Waals surface area contributed by atoms with E-state index in [0.717, 1.165) is 12.8 Å². The highest BCUT2D eigenvalue weighted by atomic mass is 35.5. The van der Waals surface area contributed by atoms with Crippen molar-refractivity contribution in [2.45, 2.75) is 18.3 Å². The molecule has 0 bridgehead atoms. The summed E-state index contributed by atoms with van der Waals surface area (Å²) in [5.41, 5.74) is 2.82. The smallest absolute Gasteiger partial charge is 0.0332 e. The lowest BCUT2D eigenvalue weighted by atomic mass is 9.86. The maximum absolute atomic E-state index is 6.01. The second kappa shape index (κ2) is 3.51. The summed E-state index contributed by atoms with van der Waals surface area (Å²) in [6.45, 7) is 0. The van der Waals surface area contributed by atoms with E-state index in [0.29, 0.717) is 11.8 Å². The van der Waals surface area contributed by atoms with Crippen LogP contribution in [0.4, 0.5) is 0 Å². The molecule has 1 aliphatic carbocycles. The van der Waals surface area contributed by atoms with Crippen LogP contribution in [0.25, 0.3) is 0 Å². The minimum Gasteiger partial charge on any atom is -0.126 e. The zero-order valence-electron chi connectivity index (χ0n) is 7.39. The Kier molecular flexibility index (Phi) is 2.53. The Morgan fingerprint density at radius 3 is 2.54 bits per heavy atom. The zero-order valence-corrected chi connectivity index (χ0v) is 8.91. The normalized spacial score (nSPS) is 18.6. The molecule has 13 heavy (non-hydrogen) atoms. The lowest BCUT2D eigenvalue weighted by molar-refractivity contribution is 0.536. The summed E-state index contributed by atoms with van der Waals surface area (Å²) in [5, 5.41) is 0. The summed E-state index contributed by atoms with van der Waals surface area (Å²) in [7, 11) is 0. The largest absolute Gasteiger partial charge is 0.126 e. The maximum atomic E-state index is 6.01. The molecule has 0 aliphatic heterocycles. The Hall–Kier alpha value is -0.200. The quantitative estimate of drug-likeness (QED) is 0.663. The van der Waals surface area contributed by atoms with Gasteiger partial charge in [0.15, 0.2) is 0 Å². The van der Waals surface area contributed by atoms with Gasteiger partial charge in [0.05, 0.1) is 0 Å². The van der Waals surface area contributed by atoms with Crippen molar-refractivity contribution in [1.29, 1.82) is 0 Å². The van der Waals surface area contributed by atoms with E-state index in [4.69, 9.17) is 23.2 Å². The topological polar surface area (TPSA) is 0 Å². The molecule has 70 valence electrons. The van der Waals surface area contributed by atoms with Crippen LogP contribution in [-0.4, -0.2) is 11.8 Å². The van der Waals surface area contributed by atoms with Crippen molar-refractivity contribution >= 4 is 23.2 Å². The zero-order chi connectivity index (χ0) is 9.31. The Labute approximate surface area is 88.9 Å². The van der Waals surface area contributed by atoms with Crippen LogP contribution in [0.15, 0.2) is 24.3 Å². The van der Waals surface area contributed by atoms with E-state index in [2.05, 4.69) is 24.3 Å². The van der Waals surface area contributed by atoms with Gasteiger partial charge in [-0.05, 0) is 24.0 Å². The molecule has 0 amide bonds. The molecule has 0 N–H and O–H groups in total. The molecule has 0 heterocycles. The van der Waals surface area contributed by atoms with Gasteiger partial charge < -0.3 is 0 Å². The summed E-state index contributed by atoms with van der Waals surface area (Å²) in [6.07, 6.45) is 2.22. The molecular weight excluding hydrogens is 203 g/mol. The van der Waals surface area contributed by atoms with E-state index in [9.17, 15) is 0 Å². The van der Waals surface area contributed by atoms with Crippen molar-refractivity contribution in [3.8, 4) is 0 Å². The van der Waals surface area contributed by atoms with Crippen LogP contribution in [0.2, 0.25) is 0 Å². The minimum atomic E-state index is 0.0414. The molecule has 0 radical (unpaired) electrons. The fourth-order valence-electron chi connectivity index (χ4n) is 2.08. The number of alkyl halides is 2. The van der Waals surface area contributed by atoms with Crippen LogP contribution >= 0.6 is 23.2 Å². The molecule has 0 aromatic heterocycles. The van der Waals surface area contributed by atoms with Crippen molar-refractivity contribution < 1.29 is 0 Å². The maximum Gasteiger partial charge on any atom is 0.0332 e. The van der Waals surface area contributed by atoms with E-state index < -0.39 is 0 Å². The first kappa shape index (κ1) is 9.36. The highest BCUT2D eigenvalue weighted by molar-refractivity contribution is 6.22. The van der Waals surface area contributed by atoms with Gasteiger partial charge in [0, 0.05) is 17.2 Å². The Morgan fingerprint density at radius 2 is 1.85 bits per heavy atom. The summed E-state index contributed by atoms with van der Waals surface area (Å²) < 4.78 is 0. The SMILES string of the molecule is ClCC1(CCl)CCc2ccccc21. The monoisotopic (exact) mass is 214 g/mol. The molecule has 1 aromatic rings. The van der Waals surface area contributed by atoms with Crippen LogP contribution < -0.4 is 0 Å². The van der Waals surface area contributed by atoms with Gasteiger partial charge in [-0.2, -0.15) is 0 Å². The third-order valence-electron chi connectivity index (χ3n) is 2.97. The number of halogens is 2. The molecule has 1 aliphatic rings. The highest BCUT2D eigenvalue weighted by Gasteiger charge is 2.36. The van der Waals surface area contributed by atoms with E-state index >= 15 is 0 Å². The fourth-order valence-corrected chi connectivity index (χ4v) is 2.92. The van der Waals surface area contributed by atoms with Gasteiger partial charge in [-0.1, -0.05) is 24.3 Å². The molecule has 0 spiro atoms. The summed E-state index contributed by atoms with van der Waals surface area (Å²) in [5.74, 6) is 1.26. The number of aryl methyl sites for hydroxylation is 1. The van der Waals surface area contributed by atoms with E-state index in [1.807, 2.05) is 0 Å². The standard InChI is InChI=1S/C11H12Cl2/c12-7-11(8-13)6-5-9-3-1-2-4-10(9)11/h1-4H,5-8H2. The van der Waals surface area contributed by atoms with Crippen LogP contribution in [0.1, 0.15) is 17.5 Å². The third-order valence-corrected chi connectivity index (χ3v) is 4.00. The first-order chi connectivity index (χ1) is 6.32. The molecule has 2 heteroatoms. The molecule has 0 saturated carbocycles. The van der Waals surface area contributed by atoms with Crippen molar-refractivity contribution in [2.75, 3.05) is 11.8 Å². The molecule has 0 unspecified atom stereocenters. The van der Waals surface area contributed by atoms with Crippen LogP contribution in [-0.2, 0) is 11.8 Å². The first-order valence-electron chi connectivity index (χ1n) is 4.53. The van der Waals surface area contributed by atoms with Gasteiger partial charge in [-0.15, -0.1) is 23.2 Å². The van der Waals surface area contributed by atoms with Crippen molar-refractivity contribution in [1.82, 2.24) is 0 Å². The van der Waals surface area contributed by atoms with Gasteiger partial charge in [0.25, 0.3) is 0 Å². The Balaban J connectivity index is 2.47. The number of hydrogen-bond acceptors (Lipinski definition) is 0. The first-order valence-corrected chi connectivity index (χ1v) is 5.60. The van der Waals surface area contributed by atoms with Gasteiger partial charge in [0.1, 0.15) is 0 Å². The Bertz CT molecular complexity index is 303. The summed E-state index contributed by atoms with van der Waals surface area (Å²) in [4.78, 5) is 0. The molecule has 1 aromatic carbocycles. The summed E-state index contributed by atoms with van der Waals surface area (Å²) >= 11 is 12.0.